The predicted octanol–water partition coefficient (Wildman–Crippen LogP) is 2.62. The number of benzene rings is 2. The summed E-state index contributed by atoms with van der Waals surface area (Å²) >= 11 is 1.26. The molecule has 3 amide bonds. The number of nitrogens with zero attached hydrogens (tertiary/aromatic N) is 1. The average Bonchev–Trinajstić information content (AvgIpc) is 3.37. The van der Waals surface area contributed by atoms with Crippen LogP contribution in [0.4, 0.5) is 11.4 Å². The third-order valence-electron chi connectivity index (χ3n) is 5.03. The zero-order valence-electron chi connectivity index (χ0n) is 17.5. The fourth-order valence-electron chi connectivity index (χ4n) is 3.45. The highest BCUT2D eigenvalue weighted by Crippen LogP contribution is 2.28. The van der Waals surface area contributed by atoms with Gasteiger partial charge in [0.15, 0.2) is 6.61 Å². The molecule has 0 spiro atoms. The van der Waals surface area contributed by atoms with Crippen LogP contribution in [0.15, 0.2) is 72.1 Å². The van der Waals surface area contributed by atoms with Crippen molar-refractivity contribution < 1.29 is 23.9 Å². The van der Waals surface area contributed by atoms with Gasteiger partial charge >= 0.3 is 5.97 Å². The number of nitrogens with one attached hydrogen (secondary N) is 2. The molecule has 3 aromatic rings. The fourth-order valence-corrected chi connectivity index (χ4v) is 4.07. The number of esters is 1. The Balaban J connectivity index is 1.44. The van der Waals surface area contributed by atoms with Crippen molar-refractivity contribution in [2.75, 3.05) is 23.4 Å². The first-order valence-electron chi connectivity index (χ1n) is 10.3. The van der Waals surface area contributed by atoms with Crippen LogP contribution in [0.5, 0.6) is 0 Å². The summed E-state index contributed by atoms with van der Waals surface area (Å²) in [6.45, 7) is -0.726. The summed E-state index contributed by atoms with van der Waals surface area (Å²) in [5.41, 5.74) is 1.88. The van der Waals surface area contributed by atoms with E-state index < -0.39 is 30.4 Å². The van der Waals surface area contributed by atoms with E-state index in [1.54, 1.807) is 41.8 Å². The lowest BCUT2D eigenvalue weighted by molar-refractivity contribution is -0.149. The molecule has 0 radical (unpaired) electrons. The Morgan fingerprint density at radius 1 is 1.03 bits per heavy atom. The molecular formula is C24H21N3O5S. The van der Waals surface area contributed by atoms with Crippen LogP contribution in [0.3, 0.4) is 0 Å². The van der Waals surface area contributed by atoms with Crippen LogP contribution in [-0.2, 0) is 25.5 Å². The Morgan fingerprint density at radius 3 is 2.55 bits per heavy atom. The first kappa shape index (κ1) is 22.2. The highest BCUT2D eigenvalue weighted by molar-refractivity contribution is 7.12. The molecule has 0 saturated heterocycles. The summed E-state index contributed by atoms with van der Waals surface area (Å²) in [6, 6.07) is 18.5. The van der Waals surface area contributed by atoms with Gasteiger partial charge in [0.1, 0.15) is 12.6 Å². The summed E-state index contributed by atoms with van der Waals surface area (Å²) in [6.07, 6.45) is 0.208. The molecule has 1 aliphatic heterocycles. The molecule has 1 aliphatic rings. The molecule has 0 unspecified atom stereocenters. The topological polar surface area (TPSA) is 105 Å². The van der Waals surface area contributed by atoms with Crippen LogP contribution >= 0.6 is 11.3 Å². The quantitative estimate of drug-likeness (QED) is 0.524. The van der Waals surface area contributed by atoms with E-state index in [-0.39, 0.29) is 18.9 Å². The molecule has 2 heterocycles. The van der Waals surface area contributed by atoms with Gasteiger partial charge in [0.2, 0.25) is 5.91 Å². The summed E-state index contributed by atoms with van der Waals surface area (Å²) < 4.78 is 5.29. The lowest BCUT2D eigenvalue weighted by Crippen LogP contribution is -2.46. The van der Waals surface area contributed by atoms with Crippen LogP contribution in [0.2, 0.25) is 0 Å². The Hall–Kier alpha value is -3.98. The number of hydrogen-bond acceptors (Lipinski definition) is 6. The van der Waals surface area contributed by atoms with E-state index in [4.69, 9.17) is 4.74 Å². The highest BCUT2D eigenvalue weighted by Gasteiger charge is 2.29. The maximum atomic E-state index is 12.9. The van der Waals surface area contributed by atoms with Crippen molar-refractivity contribution in [3.05, 3.63) is 82.6 Å². The van der Waals surface area contributed by atoms with Gasteiger partial charge in [0, 0.05) is 6.42 Å². The zero-order chi connectivity index (χ0) is 23.2. The van der Waals surface area contributed by atoms with Gasteiger partial charge < -0.3 is 15.4 Å². The Kier molecular flexibility index (Phi) is 6.80. The fraction of sp³-hybridized carbons (Fsp3) is 0.167. The number of carbonyl (C=O) groups excluding carboxylic acids is 4. The van der Waals surface area contributed by atoms with Crippen molar-refractivity contribution in [1.82, 2.24) is 5.32 Å². The molecule has 2 N–H and O–H groups in total. The number of carbonyl (C=O) groups is 4. The van der Waals surface area contributed by atoms with Crippen LogP contribution in [0.25, 0.3) is 0 Å². The van der Waals surface area contributed by atoms with Crippen molar-refractivity contribution in [3.8, 4) is 0 Å². The molecule has 0 bridgehead atoms. The molecule has 1 aromatic heterocycles. The summed E-state index contributed by atoms with van der Waals surface area (Å²) in [5.74, 6) is -1.99. The van der Waals surface area contributed by atoms with Crippen LogP contribution < -0.4 is 15.5 Å². The van der Waals surface area contributed by atoms with E-state index in [0.717, 1.165) is 5.56 Å². The van der Waals surface area contributed by atoms with Crippen molar-refractivity contribution in [2.45, 2.75) is 12.5 Å². The summed E-state index contributed by atoms with van der Waals surface area (Å²) in [4.78, 5) is 51.9. The van der Waals surface area contributed by atoms with Gasteiger partial charge in [-0.1, -0.05) is 48.5 Å². The van der Waals surface area contributed by atoms with Crippen LogP contribution in [-0.4, -0.2) is 42.9 Å². The lowest BCUT2D eigenvalue weighted by atomic mass is 10.1. The first-order valence-corrected chi connectivity index (χ1v) is 11.1. The van der Waals surface area contributed by atoms with E-state index in [1.807, 2.05) is 30.3 Å². The smallest absolute Gasteiger partial charge is 0.329 e. The number of rotatable bonds is 7. The number of ether oxygens (including phenoxy) is 1. The molecule has 1 atom stereocenters. The third-order valence-corrected chi connectivity index (χ3v) is 5.90. The highest BCUT2D eigenvalue weighted by atomic mass is 32.1. The molecule has 8 nitrogen and oxygen atoms in total. The third kappa shape index (κ3) is 5.45. The Morgan fingerprint density at radius 2 is 1.79 bits per heavy atom. The summed E-state index contributed by atoms with van der Waals surface area (Å²) in [5, 5.41) is 7.17. The van der Waals surface area contributed by atoms with Crippen molar-refractivity contribution >= 4 is 46.4 Å². The van der Waals surface area contributed by atoms with Gasteiger partial charge in [0.25, 0.3) is 11.8 Å². The molecule has 0 saturated carbocycles. The van der Waals surface area contributed by atoms with Crippen LogP contribution in [0.1, 0.15) is 15.2 Å². The van der Waals surface area contributed by atoms with E-state index in [9.17, 15) is 19.2 Å². The zero-order valence-corrected chi connectivity index (χ0v) is 18.3. The molecule has 33 heavy (non-hydrogen) atoms. The molecule has 4 rings (SSSR count). The maximum absolute atomic E-state index is 12.9. The van der Waals surface area contributed by atoms with Gasteiger partial charge in [-0.3, -0.25) is 19.3 Å². The molecule has 0 aliphatic carbocycles. The standard InChI is InChI=1S/C24H21N3O5S/c28-21-14-27(19-10-5-4-9-17(19)25-21)22(29)15-32-24(31)18(13-16-7-2-1-3-8-16)26-23(30)20-11-6-12-33-20/h1-12,18H,13-15H2,(H,25,28)(H,26,30)/t18-/m0/s1. The predicted molar refractivity (Wildman–Crippen MR) is 124 cm³/mol. The maximum Gasteiger partial charge on any atom is 0.329 e. The normalized spacial score (nSPS) is 13.5. The van der Waals surface area contributed by atoms with Gasteiger partial charge in [-0.25, -0.2) is 4.79 Å². The van der Waals surface area contributed by atoms with Crippen molar-refractivity contribution in [2.24, 2.45) is 0 Å². The molecule has 9 heteroatoms. The Labute approximate surface area is 194 Å². The minimum Gasteiger partial charge on any atom is -0.454 e. The number of fused-ring (bicyclic) bond motifs is 1. The van der Waals surface area contributed by atoms with Gasteiger partial charge in [-0.2, -0.15) is 0 Å². The minimum absolute atomic E-state index is 0.171. The SMILES string of the molecule is O=C1CN(C(=O)COC(=O)[C@H](Cc2ccccc2)NC(=O)c2cccs2)c2ccccc2N1. The average molecular weight is 464 g/mol. The van der Waals surface area contributed by atoms with Crippen LogP contribution in [0, 0.1) is 0 Å². The van der Waals surface area contributed by atoms with E-state index >= 15 is 0 Å². The van der Waals surface area contributed by atoms with Crippen molar-refractivity contribution in [1.29, 1.82) is 0 Å². The van der Waals surface area contributed by atoms with E-state index in [1.165, 1.54) is 16.2 Å². The van der Waals surface area contributed by atoms with Crippen molar-refractivity contribution in [3.63, 3.8) is 0 Å². The minimum atomic E-state index is -0.980. The molecular weight excluding hydrogens is 442 g/mol. The molecule has 2 aromatic carbocycles. The van der Waals surface area contributed by atoms with Gasteiger partial charge in [-0.05, 0) is 29.1 Å². The Bertz CT molecular complexity index is 1160. The number of amides is 3. The molecule has 0 fully saturated rings. The van der Waals surface area contributed by atoms with E-state index in [0.29, 0.717) is 16.3 Å². The first-order chi connectivity index (χ1) is 16.0. The lowest BCUT2D eigenvalue weighted by Gasteiger charge is -2.29. The number of para-hydroxylation sites is 2. The largest absolute Gasteiger partial charge is 0.454 e. The molecule has 168 valence electrons. The second-order valence-corrected chi connectivity index (χ2v) is 8.29. The number of hydrogen-bond donors (Lipinski definition) is 2. The number of thiophene rings is 1. The summed E-state index contributed by atoms with van der Waals surface area (Å²) in [7, 11) is 0. The van der Waals surface area contributed by atoms with Gasteiger partial charge in [-0.15, -0.1) is 11.3 Å². The van der Waals surface area contributed by atoms with E-state index in [2.05, 4.69) is 10.6 Å². The number of anilines is 2. The van der Waals surface area contributed by atoms with Gasteiger partial charge in [0.05, 0.1) is 16.3 Å². The monoisotopic (exact) mass is 463 g/mol. The second-order valence-electron chi connectivity index (χ2n) is 7.35. The second kappa shape index (κ2) is 10.1.